The van der Waals surface area contributed by atoms with Gasteiger partial charge in [0.2, 0.25) is 5.91 Å². The van der Waals surface area contributed by atoms with Gasteiger partial charge in [-0.05, 0) is 49.8 Å². The maximum atomic E-state index is 13.3. The molecule has 5 heteroatoms. The lowest BCUT2D eigenvalue weighted by Crippen LogP contribution is -2.39. The molecule has 2 aromatic rings. The fourth-order valence-corrected chi connectivity index (χ4v) is 3.78. The minimum absolute atomic E-state index is 0.0948. The number of halogens is 1. The van der Waals surface area contributed by atoms with Crippen LogP contribution in [-0.4, -0.2) is 33.4 Å². The highest BCUT2D eigenvalue weighted by atomic mass is 19.1. The highest BCUT2D eigenvalue weighted by molar-refractivity contribution is 5.78. The molecular formula is C21H28FN3O. The number of aryl methyl sites for hydroxylation is 1. The van der Waals surface area contributed by atoms with Gasteiger partial charge < -0.3 is 9.47 Å². The van der Waals surface area contributed by atoms with E-state index in [0.717, 1.165) is 50.9 Å². The predicted molar refractivity (Wildman–Crippen MR) is 100 cm³/mol. The molecule has 0 radical (unpaired) electrons. The lowest BCUT2D eigenvalue weighted by Gasteiger charge is -2.32. The summed E-state index contributed by atoms with van der Waals surface area (Å²) in [5, 5.41) is 0. The van der Waals surface area contributed by atoms with Crippen LogP contribution in [0.25, 0.3) is 0 Å². The van der Waals surface area contributed by atoms with Crippen LogP contribution in [0.5, 0.6) is 0 Å². The number of benzene rings is 1. The Kier molecular flexibility index (Phi) is 6.07. The number of carbonyl (C=O) groups excluding carboxylic acids is 1. The number of hydrogen-bond donors (Lipinski definition) is 0. The van der Waals surface area contributed by atoms with E-state index >= 15 is 0 Å². The molecule has 4 nitrogen and oxygen atoms in total. The summed E-state index contributed by atoms with van der Waals surface area (Å²) in [4.78, 5) is 19.0. The Morgan fingerprint density at radius 3 is 2.77 bits per heavy atom. The first-order chi connectivity index (χ1) is 12.6. The van der Waals surface area contributed by atoms with Gasteiger partial charge in [-0.1, -0.05) is 19.1 Å². The van der Waals surface area contributed by atoms with Crippen LogP contribution in [0.2, 0.25) is 0 Å². The Morgan fingerprint density at radius 1 is 1.31 bits per heavy atom. The lowest BCUT2D eigenvalue weighted by atomic mass is 9.93. The van der Waals surface area contributed by atoms with Gasteiger partial charge in [0.05, 0.1) is 6.42 Å². The van der Waals surface area contributed by atoms with Crippen LogP contribution in [0.15, 0.2) is 30.5 Å². The van der Waals surface area contributed by atoms with Crippen molar-refractivity contribution < 1.29 is 9.18 Å². The average molecular weight is 357 g/mol. The van der Waals surface area contributed by atoms with Crippen LogP contribution in [0, 0.1) is 18.7 Å². The van der Waals surface area contributed by atoms with Crippen LogP contribution in [0.1, 0.15) is 43.3 Å². The third-order valence-electron chi connectivity index (χ3n) is 5.27. The van der Waals surface area contributed by atoms with E-state index in [1.807, 2.05) is 17.2 Å². The molecule has 0 bridgehead atoms. The number of nitrogens with zero attached hydrogens (tertiary/aromatic N) is 3. The predicted octanol–water partition coefficient (Wildman–Crippen LogP) is 3.76. The molecule has 1 aromatic carbocycles. The van der Waals surface area contributed by atoms with Crippen molar-refractivity contribution in [2.45, 2.75) is 52.5 Å². The number of rotatable bonds is 6. The molecule has 1 aliphatic rings. The Hall–Kier alpha value is -2.17. The largest absolute Gasteiger partial charge is 0.342 e. The molecule has 1 aromatic heterocycles. The van der Waals surface area contributed by atoms with Crippen molar-refractivity contribution >= 4 is 5.91 Å². The maximum Gasteiger partial charge on any atom is 0.226 e. The summed E-state index contributed by atoms with van der Waals surface area (Å²) >= 11 is 0. The number of carbonyl (C=O) groups is 1. The fraction of sp³-hybridized carbons (Fsp3) is 0.524. The zero-order valence-corrected chi connectivity index (χ0v) is 15.7. The van der Waals surface area contributed by atoms with Gasteiger partial charge in [-0.15, -0.1) is 0 Å². The minimum atomic E-state index is -0.285. The van der Waals surface area contributed by atoms with E-state index < -0.39 is 0 Å². The fourth-order valence-electron chi connectivity index (χ4n) is 3.78. The van der Waals surface area contributed by atoms with E-state index in [0.29, 0.717) is 5.92 Å². The molecule has 140 valence electrons. The van der Waals surface area contributed by atoms with Gasteiger partial charge >= 0.3 is 0 Å². The molecule has 0 aliphatic carbocycles. The summed E-state index contributed by atoms with van der Waals surface area (Å²) in [5.41, 5.74) is 1.97. The van der Waals surface area contributed by atoms with Gasteiger partial charge in [-0.25, -0.2) is 9.37 Å². The number of amides is 1. The summed E-state index contributed by atoms with van der Waals surface area (Å²) in [6.45, 7) is 6.89. The summed E-state index contributed by atoms with van der Waals surface area (Å²) < 4.78 is 15.6. The van der Waals surface area contributed by atoms with E-state index in [4.69, 9.17) is 0 Å². The Balaban J connectivity index is 1.52. The second-order valence-electron chi connectivity index (χ2n) is 7.30. The lowest BCUT2D eigenvalue weighted by molar-refractivity contribution is -0.131. The number of imidazole rings is 1. The van der Waals surface area contributed by atoms with Gasteiger partial charge in [0.25, 0.3) is 0 Å². The van der Waals surface area contributed by atoms with E-state index in [9.17, 15) is 9.18 Å². The van der Waals surface area contributed by atoms with E-state index in [1.54, 1.807) is 6.07 Å². The maximum absolute atomic E-state index is 13.3. The third-order valence-corrected chi connectivity index (χ3v) is 5.27. The molecule has 0 spiro atoms. The third kappa shape index (κ3) is 4.51. The van der Waals surface area contributed by atoms with Crippen molar-refractivity contribution in [1.29, 1.82) is 0 Å². The molecule has 0 saturated carbocycles. The van der Waals surface area contributed by atoms with Gasteiger partial charge in [-0.3, -0.25) is 4.79 Å². The molecule has 0 N–H and O–H groups in total. The number of aromatic nitrogens is 2. The first-order valence-electron chi connectivity index (χ1n) is 9.60. The van der Waals surface area contributed by atoms with E-state index in [-0.39, 0.29) is 18.1 Å². The Labute approximate surface area is 155 Å². The van der Waals surface area contributed by atoms with Gasteiger partial charge in [-0.2, -0.15) is 0 Å². The zero-order chi connectivity index (χ0) is 18.5. The van der Waals surface area contributed by atoms with Gasteiger partial charge in [0, 0.05) is 37.9 Å². The molecule has 0 atom stereocenters. The highest BCUT2D eigenvalue weighted by Crippen LogP contribution is 2.22. The van der Waals surface area contributed by atoms with Crippen molar-refractivity contribution in [2.75, 3.05) is 13.1 Å². The monoisotopic (exact) mass is 357 g/mol. The van der Waals surface area contributed by atoms with Crippen LogP contribution >= 0.6 is 0 Å². The molecule has 3 rings (SSSR count). The van der Waals surface area contributed by atoms with Gasteiger partial charge in [0.15, 0.2) is 0 Å². The average Bonchev–Trinajstić information content (AvgIpc) is 2.96. The first-order valence-corrected chi connectivity index (χ1v) is 9.60. The zero-order valence-electron chi connectivity index (χ0n) is 15.7. The summed E-state index contributed by atoms with van der Waals surface area (Å²) in [7, 11) is 0. The van der Waals surface area contributed by atoms with Crippen LogP contribution in [0.4, 0.5) is 4.39 Å². The van der Waals surface area contributed by atoms with E-state index in [2.05, 4.69) is 23.4 Å². The van der Waals surface area contributed by atoms with Crippen LogP contribution in [-0.2, 0) is 24.2 Å². The molecule has 0 unspecified atom stereocenters. The highest BCUT2D eigenvalue weighted by Gasteiger charge is 2.24. The van der Waals surface area contributed by atoms with Crippen LogP contribution < -0.4 is 0 Å². The van der Waals surface area contributed by atoms with Crippen molar-refractivity contribution in [2.24, 2.45) is 5.92 Å². The molecule has 1 fully saturated rings. The second-order valence-corrected chi connectivity index (χ2v) is 7.30. The molecule has 1 aliphatic heterocycles. The van der Waals surface area contributed by atoms with Crippen molar-refractivity contribution in [3.63, 3.8) is 0 Å². The minimum Gasteiger partial charge on any atom is -0.342 e. The van der Waals surface area contributed by atoms with Crippen LogP contribution in [0.3, 0.4) is 0 Å². The van der Waals surface area contributed by atoms with Gasteiger partial charge in [0.1, 0.15) is 11.6 Å². The number of hydrogen-bond acceptors (Lipinski definition) is 2. The number of likely N-dealkylation sites (tertiary alicyclic amines) is 1. The van der Waals surface area contributed by atoms with Crippen molar-refractivity contribution in [3.8, 4) is 0 Å². The normalized spacial score (nSPS) is 15.4. The SMILES string of the molecule is CCCn1c(C)cnc1CC1CCN(C(=O)Cc2cccc(F)c2)CC1. The molecule has 2 heterocycles. The summed E-state index contributed by atoms with van der Waals surface area (Å²) in [5.74, 6) is 1.56. The molecule has 26 heavy (non-hydrogen) atoms. The summed E-state index contributed by atoms with van der Waals surface area (Å²) in [6.07, 6.45) is 6.35. The Bertz CT molecular complexity index is 747. The van der Waals surface area contributed by atoms with Crippen molar-refractivity contribution in [3.05, 3.63) is 53.4 Å². The quantitative estimate of drug-likeness (QED) is 0.789. The molecular weight excluding hydrogens is 329 g/mol. The second kappa shape index (κ2) is 8.47. The van der Waals surface area contributed by atoms with E-state index in [1.165, 1.54) is 23.7 Å². The standard InChI is InChI=1S/C21H28FN3O/c1-3-9-25-16(2)15-23-20(25)13-17-7-10-24(11-8-17)21(26)14-18-5-4-6-19(22)12-18/h4-6,12,15,17H,3,7-11,13-14H2,1-2H3. The molecule has 1 saturated heterocycles. The molecule has 1 amide bonds. The number of piperidine rings is 1. The topological polar surface area (TPSA) is 38.1 Å². The smallest absolute Gasteiger partial charge is 0.226 e. The first kappa shape index (κ1) is 18.6. The summed E-state index contributed by atoms with van der Waals surface area (Å²) in [6, 6.07) is 6.32. The van der Waals surface area contributed by atoms with Crippen molar-refractivity contribution in [1.82, 2.24) is 14.5 Å². The Morgan fingerprint density at radius 2 is 2.08 bits per heavy atom.